The van der Waals surface area contributed by atoms with Gasteiger partial charge >= 0.3 is 0 Å². The number of anilines is 1. The molecule has 20 heavy (non-hydrogen) atoms. The number of aryl methyl sites for hydroxylation is 1. The van der Waals surface area contributed by atoms with Crippen LogP contribution in [0.3, 0.4) is 0 Å². The molecule has 0 atom stereocenters. The summed E-state index contributed by atoms with van der Waals surface area (Å²) in [5.41, 5.74) is 0.154. The molecular formula is C12H17ClN6O. The molecule has 0 saturated carbocycles. The van der Waals surface area contributed by atoms with Gasteiger partial charge in [0.25, 0.3) is 5.56 Å². The van der Waals surface area contributed by atoms with Crippen molar-refractivity contribution in [3.05, 3.63) is 33.2 Å². The van der Waals surface area contributed by atoms with E-state index in [4.69, 9.17) is 11.6 Å². The second-order valence-corrected chi connectivity index (χ2v) is 5.22. The van der Waals surface area contributed by atoms with E-state index in [-0.39, 0.29) is 10.6 Å². The molecule has 0 aliphatic rings. The summed E-state index contributed by atoms with van der Waals surface area (Å²) in [5.74, 6) is 1.98. The van der Waals surface area contributed by atoms with Crippen molar-refractivity contribution in [3.8, 4) is 0 Å². The highest BCUT2D eigenvalue weighted by molar-refractivity contribution is 6.32. The van der Waals surface area contributed by atoms with Gasteiger partial charge in [-0.3, -0.25) is 4.79 Å². The number of hydrogen-bond acceptors (Lipinski definition) is 5. The van der Waals surface area contributed by atoms with Gasteiger partial charge in [0.15, 0.2) is 5.82 Å². The van der Waals surface area contributed by atoms with Gasteiger partial charge in [-0.05, 0) is 0 Å². The van der Waals surface area contributed by atoms with Crippen LogP contribution in [0.4, 0.5) is 5.69 Å². The van der Waals surface area contributed by atoms with E-state index in [0.717, 1.165) is 11.6 Å². The number of nitrogens with one attached hydrogen (secondary N) is 1. The minimum atomic E-state index is -0.336. The Balaban J connectivity index is 2.18. The summed E-state index contributed by atoms with van der Waals surface area (Å²) in [5, 5.41) is 15.4. The van der Waals surface area contributed by atoms with Crippen LogP contribution in [0, 0.1) is 0 Å². The first-order chi connectivity index (χ1) is 9.41. The number of halogens is 1. The Morgan fingerprint density at radius 2 is 2.05 bits per heavy atom. The average Bonchev–Trinajstić information content (AvgIpc) is 2.77. The van der Waals surface area contributed by atoms with Gasteiger partial charge in [-0.1, -0.05) is 25.4 Å². The number of rotatable bonds is 4. The van der Waals surface area contributed by atoms with Crippen molar-refractivity contribution in [2.24, 2.45) is 14.1 Å². The first-order valence-corrected chi connectivity index (χ1v) is 6.63. The third-order valence-electron chi connectivity index (χ3n) is 3.03. The molecule has 0 radical (unpaired) electrons. The second-order valence-electron chi connectivity index (χ2n) is 4.84. The monoisotopic (exact) mass is 296 g/mol. The highest BCUT2D eigenvalue weighted by atomic mass is 35.5. The van der Waals surface area contributed by atoms with E-state index in [2.05, 4.69) is 34.5 Å². The van der Waals surface area contributed by atoms with E-state index in [0.29, 0.717) is 18.2 Å². The van der Waals surface area contributed by atoms with E-state index >= 15 is 0 Å². The Hall–Kier alpha value is -1.89. The van der Waals surface area contributed by atoms with Gasteiger partial charge in [0.1, 0.15) is 10.8 Å². The summed E-state index contributed by atoms with van der Waals surface area (Å²) in [6.07, 6.45) is 1.52. The van der Waals surface area contributed by atoms with Gasteiger partial charge in [0.2, 0.25) is 0 Å². The van der Waals surface area contributed by atoms with Crippen molar-refractivity contribution in [1.82, 2.24) is 24.5 Å². The fraction of sp³-hybridized carbons (Fsp3) is 0.500. The quantitative estimate of drug-likeness (QED) is 0.920. The van der Waals surface area contributed by atoms with Crippen LogP contribution < -0.4 is 10.9 Å². The summed E-state index contributed by atoms with van der Waals surface area (Å²) >= 11 is 5.98. The lowest BCUT2D eigenvalue weighted by Crippen LogP contribution is -2.21. The Kier molecular flexibility index (Phi) is 4.08. The molecule has 0 aromatic carbocycles. The SMILES string of the molecule is CC(C)c1nnc(CNc2cnn(C)c(=O)c2Cl)n1C. The van der Waals surface area contributed by atoms with Crippen LogP contribution in [0.25, 0.3) is 0 Å². The molecule has 0 bridgehead atoms. The molecule has 2 heterocycles. The molecule has 2 rings (SSSR count). The third kappa shape index (κ3) is 2.67. The highest BCUT2D eigenvalue weighted by Gasteiger charge is 2.12. The first-order valence-electron chi connectivity index (χ1n) is 6.25. The predicted octanol–water partition coefficient (Wildman–Crippen LogP) is 1.30. The number of hydrogen-bond donors (Lipinski definition) is 1. The maximum absolute atomic E-state index is 11.7. The minimum Gasteiger partial charge on any atom is -0.375 e. The topological polar surface area (TPSA) is 77.6 Å². The van der Waals surface area contributed by atoms with Gasteiger partial charge in [-0.15, -0.1) is 10.2 Å². The maximum atomic E-state index is 11.7. The number of aromatic nitrogens is 5. The Bertz CT molecular complexity index is 675. The van der Waals surface area contributed by atoms with Crippen molar-refractivity contribution < 1.29 is 0 Å². The van der Waals surface area contributed by atoms with Crippen LogP contribution >= 0.6 is 11.6 Å². The zero-order valence-electron chi connectivity index (χ0n) is 11.9. The van der Waals surface area contributed by atoms with Gasteiger partial charge in [0, 0.05) is 20.0 Å². The van der Waals surface area contributed by atoms with Crippen LogP contribution in [0.2, 0.25) is 5.02 Å². The number of nitrogens with zero attached hydrogens (tertiary/aromatic N) is 5. The summed E-state index contributed by atoms with van der Waals surface area (Å²) in [6, 6.07) is 0. The van der Waals surface area contributed by atoms with Crippen LogP contribution in [-0.2, 0) is 20.6 Å². The molecule has 8 heteroatoms. The Morgan fingerprint density at radius 1 is 1.35 bits per heavy atom. The van der Waals surface area contributed by atoms with Crippen molar-refractivity contribution in [3.63, 3.8) is 0 Å². The molecule has 2 aromatic heterocycles. The molecule has 0 unspecified atom stereocenters. The lowest BCUT2D eigenvalue weighted by Gasteiger charge is -2.09. The molecule has 0 spiro atoms. The fourth-order valence-electron chi connectivity index (χ4n) is 1.84. The zero-order chi connectivity index (χ0) is 14.9. The normalized spacial score (nSPS) is 11.1. The summed E-state index contributed by atoms with van der Waals surface area (Å²) < 4.78 is 3.12. The Morgan fingerprint density at radius 3 is 2.65 bits per heavy atom. The van der Waals surface area contributed by atoms with E-state index < -0.39 is 0 Å². The molecule has 1 N–H and O–H groups in total. The van der Waals surface area contributed by atoms with Crippen LogP contribution in [-0.4, -0.2) is 24.5 Å². The Labute approximate surface area is 121 Å². The van der Waals surface area contributed by atoms with Crippen molar-refractivity contribution in [1.29, 1.82) is 0 Å². The van der Waals surface area contributed by atoms with Crippen LogP contribution in [0.1, 0.15) is 31.4 Å². The molecule has 0 aliphatic heterocycles. The van der Waals surface area contributed by atoms with Crippen LogP contribution in [0.5, 0.6) is 0 Å². The lowest BCUT2D eigenvalue weighted by atomic mass is 10.2. The first kappa shape index (κ1) is 14.5. The zero-order valence-corrected chi connectivity index (χ0v) is 12.6. The molecule has 108 valence electrons. The predicted molar refractivity (Wildman–Crippen MR) is 76.9 cm³/mol. The molecular weight excluding hydrogens is 280 g/mol. The van der Waals surface area contributed by atoms with Crippen molar-refractivity contribution >= 4 is 17.3 Å². The smallest absolute Gasteiger partial charge is 0.287 e. The standard InChI is InChI=1S/C12H17ClN6O/c1-7(2)11-17-16-9(18(11)3)6-14-8-5-15-19(4)12(20)10(8)13/h5,7,14H,6H2,1-4H3. The lowest BCUT2D eigenvalue weighted by molar-refractivity contribution is 0.691. The molecule has 7 nitrogen and oxygen atoms in total. The van der Waals surface area contributed by atoms with E-state index in [9.17, 15) is 4.79 Å². The molecule has 0 saturated heterocycles. The van der Waals surface area contributed by atoms with Crippen molar-refractivity contribution in [2.45, 2.75) is 26.3 Å². The average molecular weight is 297 g/mol. The molecule has 2 aromatic rings. The van der Waals surface area contributed by atoms with Crippen LogP contribution in [0.15, 0.2) is 11.0 Å². The van der Waals surface area contributed by atoms with Crippen molar-refractivity contribution in [2.75, 3.05) is 5.32 Å². The molecule has 0 fully saturated rings. The molecule has 0 aliphatic carbocycles. The van der Waals surface area contributed by atoms with E-state index in [1.807, 2.05) is 11.6 Å². The fourth-order valence-corrected chi connectivity index (χ4v) is 2.08. The largest absolute Gasteiger partial charge is 0.375 e. The third-order valence-corrected chi connectivity index (χ3v) is 3.40. The van der Waals surface area contributed by atoms with Gasteiger partial charge < -0.3 is 9.88 Å². The summed E-state index contributed by atoms with van der Waals surface area (Å²) in [7, 11) is 3.46. The van der Waals surface area contributed by atoms with Gasteiger partial charge in [0.05, 0.1) is 18.4 Å². The van der Waals surface area contributed by atoms with E-state index in [1.54, 1.807) is 7.05 Å². The summed E-state index contributed by atoms with van der Waals surface area (Å²) in [4.78, 5) is 11.7. The summed E-state index contributed by atoms with van der Waals surface area (Å²) in [6.45, 7) is 4.54. The highest BCUT2D eigenvalue weighted by Crippen LogP contribution is 2.17. The maximum Gasteiger partial charge on any atom is 0.287 e. The van der Waals surface area contributed by atoms with Gasteiger partial charge in [-0.2, -0.15) is 5.10 Å². The van der Waals surface area contributed by atoms with E-state index in [1.165, 1.54) is 10.9 Å². The van der Waals surface area contributed by atoms with Gasteiger partial charge in [-0.25, -0.2) is 4.68 Å². The minimum absolute atomic E-state index is 0.119. The molecule has 0 amide bonds. The second kappa shape index (κ2) is 5.62.